The van der Waals surface area contributed by atoms with Gasteiger partial charge < -0.3 is 14.8 Å². The highest BCUT2D eigenvalue weighted by atomic mass is 19.1. The highest BCUT2D eigenvalue weighted by molar-refractivity contribution is 5.50. The topological polar surface area (TPSA) is 30.5 Å². The van der Waals surface area contributed by atoms with Crippen LogP contribution in [0.15, 0.2) is 12.1 Å². The van der Waals surface area contributed by atoms with Crippen LogP contribution in [0.1, 0.15) is 43.1 Å². The number of ether oxygens (including phenoxy) is 2. The largest absolute Gasteiger partial charge is 0.486 e. The molecule has 2 aliphatic rings. The summed E-state index contributed by atoms with van der Waals surface area (Å²) >= 11 is 0. The fraction of sp³-hybridized carbons (Fsp3) is 0.571. The summed E-state index contributed by atoms with van der Waals surface area (Å²) in [6.07, 6.45) is 1.21. The van der Waals surface area contributed by atoms with Crippen LogP contribution in [0.2, 0.25) is 0 Å². The smallest absolute Gasteiger partial charge is 0.161 e. The highest BCUT2D eigenvalue weighted by Gasteiger charge is 2.25. The summed E-state index contributed by atoms with van der Waals surface area (Å²) in [4.78, 5) is 0. The van der Waals surface area contributed by atoms with Crippen molar-refractivity contribution in [2.24, 2.45) is 0 Å². The molecule has 0 amide bonds. The highest BCUT2D eigenvalue weighted by Crippen LogP contribution is 2.40. The average molecular weight is 251 g/mol. The lowest BCUT2D eigenvalue weighted by atomic mass is 9.95. The minimum absolute atomic E-state index is 0.244. The molecular weight excluding hydrogens is 233 g/mol. The number of halogens is 1. The molecule has 98 valence electrons. The van der Waals surface area contributed by atoms with E-state index in [2.05, 4.69) is 5.32 Å². The second-order valence-electron chi connectivity index (χ2n) is 4.89. The molecule has 0 aliphatic carbocycles. The Kier molecular flexibility index (Phi) is 3.12. The van der Waals surface area contributed by atoms with Crippen LogP contribution in [-0.4, -0.2) is 19.8 Å². The molecule has 0 aromatic heterocycles. The Labute approximate surface area is 106 Å². The number of hydrogen-bond donors (Lipinski definition) is 1. The van der Waals surface area contributed by atoms with Crippen LogP contribution in [0.4, 0.5) is 4.39 Å². The molecule has 2 atom stereocenters. The van der Waals surface area contributed by atoms with Crippen LogP contribution in [-0.2, 0) is 0 Å². The van der Waals surface area contributed by atoms with E-state index in [1.165, 1.54) is 0 Å². The van der Waals surface area contributed by atoms with Crippen LogP contribution in [0.5, 0.6) is 11.5 Å². The summed E-state index contributed by atoms with van der Waals surface area (Å²) in [5.74, 6) is 1.41. The van der Waals surface area contributed by atoms with Gasteiger partial charge in [0, 0.05) is 6.04 Å². The Bertz CT molecular complexity index is 442. The van der Waals surface area contributed by atoms with E-state index in [1.54, 1.807) is 13.0 Å². The SMILES string of the molecule is CC(F)c1cc2c(cc1C1CCCN1)OCCO2. The van der Waals surface area contributed by atoms with Gasteiger partial charge in [0.15, 0.2) is 11.5 Å². The van der Waals surface area contributed by atoms with Gasteiger partial charge in [0.25, 0.3) is 0 Å². The molecule has 1 saturated heterocycles. The molecular formula is C14H18FNO2. The van der Waals surface area contributed by atoms with Gasteiger partial charge in [-0.2, -0.15) is 0 Å². The number of benzene rings is 1. The van der Waals surface area contributed by atoms with Crippen molar-refractivity contribution in [2.45, 2.75) is 32.0 Å². The summed E-state index contributed by atoms with van der Waals surface area (Å²) < 4.78 is 24.9. The lowest BCUT2D eigenvalue weighted by Crippen LogP contribution is -2.19. The first kappa shape index (κ1) is 11.8. The van der Waals surface area contributed by atoms with Crippen molar-refractivity contribution in [3.63, 3.8) is 0 Å². The molecule has 0 bridgehead atoms. The molecule has 0 spiro atoms. The van der Waals surface area contributed by atoms with E-state index >= 15 is 0 Å². The molecule has 2 heterocycles. The van der Waals surface area contributed by atoms with E-state index in [1.807, 2.05) is 6.07 Å². The van der Waals surface area contributed by atoms with Crippen molar-refractivity contribution < 1.29 is 13.9 Å². The van der Waals surface area contributed by atoms with Gasteiger partial charge >= 0.3 is 0 Å². The van der Waals surface area contributed by atoms with E-state index in [0.29, 0.717) is 19.0 Å². The van der Waals surface area contributed by atoms with E-state index in [4.69, 9.17) is 9.47 Å². The predicted molar refractivity (Wildman–Crippen MR) is 66.9 cm³/mol. The third kappa shape index (κ3) is 2.05. The van der Waals surface area contributed by atoms with Gasteiger partial charge in [0.1, 0.15) is 19.4 Å². The van der Waals surface area contributed by atoms with Crippen molar-refractivity contribution in [1.29, 1.82) is 0 Å². The van der Waals surface area contributed by atoms with Gasteiger partial charge in [0.05, 0.1) is 0 Å². The quantitative estimate of drug-likeness (QED) is 0.876. The second kappa shape index (κ2) is 4.76. The standard InChI is InChI=1S/C14H18FNO2/c1-9(15)10-7-13-14(18-6-5-17-13)8-11(10)12-3-2-4-16-12/h7-9,12,16H,2-6H2,1H3. The van der Waals surface area contributed by atoms with E-state index < -0.39 is 6.17 Å². The first-order valence-corrected chi connectivity index (χ1v) is 6.56. The van der Waals surface area contributed by atoms with E-state index in [0.717, 1.165) is 36.3 Å². The van der Waals surface area contributed by atoms with Gasteiger partial charge in [-0.15, -0.1) is 0 Å². The molecule has 3 rings (SSSR count). The molecule has 1 N–H and O–H groups in total. The zero-order valence-corrected chi connectivity index (χ0v) is 10.5. The third-order valence-electron chi connectivity index (χ3n) is 3.61. The zero-order chi connectivity index (χ0) is 12.5. The van der Waals surface area contributed by atoms with E-state index in [9.17, 15) is 4.39 Å². The maximum atomic E-state index is 13.8. The zero-order valence-electron chi connectivity index (χ0n) is 10.5. The second-order valence-corrected chi connectivity index (χ2v) is 4.89. The molecule has 2 unspecified atom stereocenters. The summed E-state index contributed by atoms with van der Waals surface area (Å²) in [7, 11) is 0. The van der Waals surface area contributed by atoms with Crippen molar-refractivity contribution >= 4 is 0 Å². The Morgan fingerprint density at radius 2 is 2.00 bits per heavy atom. The van der Waals surface area contributed by atoms with E-state index in [-0.39, 0.29) is 6.04 Å². The van der Waals surface area contributed by atoms with Gasteiger partial charge in [-0.05, 0) is 49.6 Å². The Morgan fingerprint density at radius 1 is 1.28 bits per heavy atom. The first-order chi connectivity index (χ1) is 8.75. The minimum atomic E-state index is -0.988. The molecule has 4 heteroatoms. The van der Waals surface area contributed by atoms with Gasteiger partial charge in [-0.25, -0.2) is 4.39 Å². The van der Waals surface area contributed by atoms with Crippen molar-refractivity contribution in [3.05, 3.63) is 23.3 Å². The van der Waals surface area contributed by atoms with Gasteiger partial charge in [-0.3, -0.25) is 0 Å². The number of rotatable bonds is 2. The number of nitrogens with one attached hydrogen (secondary N) is 1. The summed E-state index contributed by atoms with van der Waals surface area (Å²) in [5, 5.41) is 3.41. The van der Waals surface area contributed by atoms with Crippen molar-refractivity contribution in [3.8, 4) is 11.5 Å². The van der Waals surface area contributed by atoms with Crippen LogP contribution < -0.4 is 14.8 Å². The molecule has 3 nitrogen and oxygen atoms in total. The summed E-state index contributed by atoms with van der Waals surface area (Å²) in [5.41, 5.74) is 1.74. The maximum Gasteiger partial charge on any atom is 0.161 e. The number of hydrogen-bond acceptors (Lipinski definition) is 3. The fourth-order valence-corrected chi connectivity index (χ4v) is 2.72. The lowest BCUT2D eigenvalue weighted by molar-refractivity contribution is 0.170. The minimum Gasteiger partial charge on any atom is -0.486 e. The van der Waals surface area contributed by atoms with Crippen LogP contribution in [0, 0.1) is 0 Å². The first-order valence-electron chi connectivity index (χ1n) is 6.56. The molecule has 1 fully saturated rings. The number of alkyl halides is 1. The Morgan fingerprint density at radius 3 is 2.61 bits per heavy atom. The monoisotopic (exact) mass is 251 g/mol. The van der Waals surface area contributed by atoms with Gasteiger partial charge in [0.2, 0.25) is 0 Å². The van der Waals surface area contributed by atoms with Crippen LogP contribution in [0.25, 0.3) is 0 Å². The summed E-state index contributed by atoms with van der Waals surface area (Å²) in [6, 6.07) is 3.99. The normalized spacial score (nSPS) is 24.0. The molecule has 2 aliphatic heterocycles. The molecule has 0 saturated carbocycles. The molecule has 18 heavy (non-hydrogen) atoms. The summed E-state index contributed by atoms with van der Waals surface area (Å²) in [6.45, 7) is 3.67. The fourth-order valence-electron chi connectivity index (χ4n) is 2.72. The van der Waals surface area contributed by atoms with Crippen LogP contribution in [0.3, 0.4) is 0 Å². The Balaban J connectivity index is 2.03. The van der Waals surface area contributed by atoms with Crippen molar-refractivity contribution in [1.82, 2.24) is 5.32 Å². The molecule has 1 aromatic rings. The predicted octanol–water partition coefficient (Wildman–Crippen LogP) is 2.91. The number of fused-ring (bicyclic) bond motifs is 1. The maximum absolute atomic E-state index is 13.8. The molecule has 0 radical (unpaired) electrons. The van der Waals surface area contributed by atoms with Gasteiger partial charge in [-0.1, -0.05) is 0 Å². The third-order valence-corrected chi connectivity index (χ3v) is 3.61. The Hall–Kier alpha value is -1.29. The van der Waals surface area contributed by atoms with Crippen LogP contribution >= 0.6 is 0 Å². The average Bonchev–Trinajstić information content (AvgIpc) is 2.91. The van der Waals surface area contributed by atoms with Crippen molar-refractivity contribution in [2.75, 3.05) is 19.8 Å². The molecule has 1 aromatic carbocycles. The lowest BCUT2D eigenvalue weighted by Gasteiger charge is -2.24.